The summed E-state index contributed by atoms with van der Waals surface area (Å²) in [5, 5.41) is 0. The lowest BCUT2D eigenvalue weighted by Gasteiger charge is -2.22. The van der Waals surface area contributed by atoms with Gasteiger partial charge in [-0.15, -0.1) is 0 Å². The van der Waals surface area contributed by atoms with E-state index in [0.29, 0.717) is 0 Å². The van der Waals surface area contributed by atoms with Crippen LogP contribution in [-0.4, -0.2) is 16.5 Å². The molecule has 1 aromatic carbocycles. The first-order valence-corrected chi connectivity index (χ1v) is 5.50. The predicted molar refractivity (Wildman–Crippen MR) is 65.8 cm³/mol. The van der Waals surface area contributed by atoms with E-state index in [1.807, 2.05) is 24.3 Å². The lowest BCUT2D eigenvalue weighted by Crippen LogP contribution is -2.18. The second kappa shape index (κ2) is 5.26. The molecule has 0 saturated carbocycles. The van der Waals surface area contributed by atoms with Gasteiger partial charge in [0.15, 0.2) is 0 Å². The van der Waals surface area contributed by atoms with Crippen LogP contribution in [0.15, 0.2) is 48.9 Å². The van der Waals surface area contributed by atoms with Gasteiger partial charge in [-0.3, -0.25) is 0 Å². The number of benzene rings is 1. The van der Waals surface area contributed by atoms with E-state index in [1.165, 1.54) is 5.69 Å². The first-order valence-electron chi connectivity index (χ1n) is 5.50. The Hall–Kier alpha value is -1.90. The summed E-state index contributed by atoms with van der Waals surface area (Å²) in [7, 11) is 0. The molecule has 16 heavy (non-hydrogen) atoms. The van der Waals surface area contributed by atoms with Gasteiger partial charge in [0.05, 0.1) is 0 Å². The maximum Gasteiger partial charge on any atom is 0.136 e. The van der Waals surface area contributed by atoms with Gasteiger partial charge in [0.2, 0.25) is 0 Å². The number of anilines is 2. The van der Waals surface area contributed by atoms with E-state index in [4.69, 9.17) is 0 Å². The van der Waals surface area contributed by atoms with E-state index in [1.54, 1.807) is 12.5 Å². The van der Waals surface area contributed by atoms with Gasteiger partial charge in [-0.05, 0) is 24.6 Å². The van der Waals surface area contributed by atoms with Crippen LogP contribution in [-0.2, 0) is 0 Å². The molecule has 1 aromatic heterocycles. The van der Waals surface area contributed by atoms with Crippen LogP contribution < -0.4 is 4.90 Å². The Bertz CT molecular complexity index is 374. The fourth-order valence-electron chi connectivity index (χ4n) is 1.65. The highest BCUT2D eigenvalue weighted by atomic mass is 15.2. The van der Waals surface area contributed by atoms with E-state index in [2.05, 4.69) is 33.9 Å². The normalized spacial score (nSPS) is 10.1. The Morgan fingerprint density at radius 3 is 2.56 bits per heavy atom. The molecule has 3 nitrogen and oxygen atoms in total. The van der Waals surface area contributed by atoms with Crippen molar-refractivity contribution >= 4 is 11.5 Å². The predicted octanol–water partition coefficient (Wildman–Crippen LogP) is 3.02. The van der Waals surface area contributed by atoms with Gasteiger partial charge >= 0.3 is 0 Å². The fraction of sp³-hybridized carbons (Fsp3) is 0.231. The number of rotatable bonds is 4. The van der Waals surface area contributed by atoms with E-state index < -0.39 is 0 Å². The van der Waals surface area contributed by atoms with Crippen LogP contribution in [0, 0.1) is 0 Å². The highest BCUT2D eigenvalue weighted by Crippen LogP contribution is 2.22. The Balaban J connectivity index is 2.31. The summed E-state index contributed by atoms with van der Waals surface area (Å²) in [6.07, 6.45) is 4.44. The zero-order valence-corrected chi connectivity index (χ0v) is 9.37. The summed E-state index contributed by atoms with van der Waals surface area (Å²) >= 11 is 0. The molecule has 0 unspecified atom stereocenters. The topological polar surface area (TPSA) is 29.0 Å². The molecular formula is C13H15N3. The molecule has 0 atom stereocenters. The molecule has 0 bridgehead atoms. The van der Waals surface area contributed by atoms with Crippen LogP contribution >= 0.6 is 0 Å². The highest BCUT2D eigenvalue weighted by molar-refractivity contribution is 5.59. The summed E-state index contributed by atoms with van der Waals surface area (Å²) in [6.45, 7) is 3.12. The third-order valence-corrected chi connectivity index (χ3v) is 2.36. The summed E-state index contributed by atoms with van der Waals surface area (Å²) < 4.78 is 0. The van der Waals surface area contributed by atoms with Gasteiger partial charge in [-0.25, -0.2) is 9.97 Å². The SMILES string of the molecule is CCCN(c1ccccc1)c1ccncn1. The van der Waals surface area contributed by atoms with Gasteiger partial charge < -0.3 is 4.90 Å². The van der Waals surface area contributed by atoms with E-state index in [9.17, 15) is 0 Å². The second-order valence-corrected chi connectivity index (χ2v) is 3.55. The van der Waals surface area contributed by atoms with Crippen LogP contribution in [0.3, 0.4) is 0 Å². The third-order valence-electron chi connectivity index (χ3n) is 2.36. The molecule has 0 aliphatic carbocycles. The standard InChI is InChI=1S/C13H15N3/c1-2-10-16(12-6-4-3-5-7-12)13-8-9-14-11-15-13/h3-9,11H,2,10H2,1H3. The molecule has 82 valence electrons. The minimum Gasteiger partial charge on any atom is -0.326 e. The summed E-state index contributed by atoms with van der Waals surface area (Å²) in [5.41, 5.74) is 1.17. The molecule has 0 spiro atoms. The van der Waals surface area contributed by atoms with Gasteiger partial charge in [0.25, 0.3) is 0 Å². The van der Waals surface area contributed by atoms with Crippen molar-refractivity contribution in [1.29, 1.82) is 0 Å². The van der Waals surface area contributed by atoms with Crippen LogP contribution in [0.4, 0.5) is 11.5 Å². The average Bonchev–Trinajstić information content (AvgIpc) is 2.38. The van der Waals surface area contributed by atoms with Crippen molar-refractivity contribution in [2.75, 3.05) is 11.4 Å². The molecule has 0 N–H and O–H groups in total. The van der Waals surface area contributed by atoms with Crippen LogP contribution in [0.25, 0.3) is 0 Å². The average molecular weight is 213 g/mol. The molecule has 0 aliphatic rings. The van der Waals surface area contributed by atoms with Gasteiger partial charge in [-0.2, -0.15) is 0 Å². The van der Waals surface area contributed by atoms with E-state index in [-0.39, 0.29) is 0 Å². The van der Waals surface area contributed by atoms with Gasteiger partial charge in [0.1, 0.15) is 12.1 Å². The zero-order valence-electron chi connectivity index (χ0n) is 9.37. The second-order valence-electron chi connectivity index (χ2n) is 3.55. The minimum atomic E-state index is 0.947. The van der Waals surface area contributed by atoms with Crippen molar-refractivity contribution in [1.82, 2.24) is 9.97 Å². The van der Waals surface area contributed by atoms with Crippen molar-refractivity contribution in [3.05, 3.63) is 48.9 Å². The summed E-state index contributed by atoms with van der Waals surface area (Å²) in [4.78, 5) is 10.4. The van der Waals surface area contributed by atoms with Crippen LogP contribution in [0.1, 0.15) is 13.3 Å². The van der Waals surface area contributed by atoms with Gasteiger partial charge in [0, 0.05) is 18.4 Å². The molecule has 3 heteroatoms. The highest BCUT2D eigenvalue weighted by Gasteiger charge is 2.07. The van der Waals surface area contributed by atoms with Crippen molar-refractivity contribution in [2.45, 2.75) is 13.3 Å². The largest absolute Gasteiger partial charge is 0.326 e. The maximum absolute atomic E-state index is 4.29. The molecule has 0 radical (unpaired) electrons. The zero-order chi connectivity index (χ0) is 11.2. The minimum absolute atomic E-state index is 0.947. The first-order chi connectivity index (χ1) is 7.92. The Kier molecular flexibility index (Phi) is 3.49. The smallest absolute Gasteiger partial charge is 0.136 e. The van der Waals surface area contributed by atoms with Crippen molar-refractivity contribution in [3.8, 4) is 0 Å². The maximum atomic E-state index is 4.29. The van der Waals surface area contributed by atoms with Crippen molar-refractivity contribution in [2.24, 2.45) is 0 Å². The lowest BCUT2D eigenvalue weighted by molar-refractivity contribution is 0.868. The van der Waals surface area contributed by atoms with Crippen LogP contribution in [0.5, 0.6) is 0 Å². The van der Waals surface area contributed by atoms with Crippen LogP contribution in [0.2, 0.25) is 0 Å². The number of aromatic nitrogens is 2. The third kappa shape index (κ3) is 2.37. The van der Waals surface area contributed by atoms with Gasteiger partial charge in [-0.1, -0.05) is 25.1 Å². The molecule has 0 amide bonds. The molecule has 0 saturated heterocycles. The molecular weight excluding hydrogens is 198 g/mol. The number of nitrogens with zero attached hydrogens (tertiary/aromatic N) is 3. The Morgan fingerprint density at radius 1 is 1.12 bits per heavy atom. The van der Waals surface area contributed by atoms with E-state index in [0.717, 1.165) is 18.8 Å². The number of hydrogen-bond donors (Lipinski definition) is 0. The van der Waals surface area contributed by atoms with Crippen molar-refractivity contribution < 1.29 is 0 Å². The summed E-state index contributed by atoms with van der Waals surface area (Å²) in [5.74, 6) is 0.947. The van der Waals surface area contributed by atoms with E-state index >= 15 is 0 Å². The molecule has 2 rings (SSSR count). The lowest BCUT2D eigenvalue weighted by atomic mass is 10.2. The van der Waals surface area contributed by atoms with Crippen molar-refractivity contribution in [3.63, 3.8) is 0 Å². The molecule has 0 fully saturated rings. The fourth-order valence-corrected chi connectivity index (χ4v) is 1.65. The first kappa shape index (κ1) is 10.6. The molecule has 1 heterocycles. The summed E-state index contributed by atoms with van der Waals surface area (Å²) in [6, 6.07) is 12.2. The molecule has 2 aromatic rings. The Labute approximate surface area is 95.8 Å². The quantitative estimate of drug-likeness (QED) is 0.781. The number of para-hydroxylation sites is 1. The monoisotopic (exact) mass is 213 g/mol. The number of hydrogen-bond acceptors (Lipinski definition) is 3. The molecule has 0 aliphatic heterocycles. The Morgan fingerprint density at radius 2 is 1.94 bits per heavy atom.